The summed E-state index contributed by atoms with van der Waals surface area (Å²) in [5.41, 5.74) is 9.62. The van der Waals surface area contributed by atoms with Crippen molar-refractivity contribution >= 4 is 5.78 Å². The van der Waals surface area contributed by atoms with Crippen molar-refractivity contribution < 1.29 is 9.53 Å². The van der Waals surface area contributed by atoms with Gasteiger partial charge in [0.15, 0.2) is 5.78 Å². The quantitative estimate of drug-likeness (QED) is 0.330. The van der Waals surface area contributed by atoms with Gasteiger partial charge in [0.2, 0.25) is 0 Å². The van der Waals surface area contributed by atoms with E-state index in [2.05, 4.69) is 10.0 Å². The third-order valence-electron chi connectivity index (χ3n) is 2.22. The summed E-state index contributed by atoms with van der Waals surface area (Å²) in [5, 5.41) is 3.33. The van der Waals surface area contributed by atoms with Crippen molar-refractivity contribution in [2.75, 3.05) is 13.7 Å². The number of hydrogen-bond acceptors (Lipinski definition) is 3. The van der Waals surface area contributed by atoms with Gasteiger partial charge >= 0.3 is 0 Å². The summed E-state index contributed by atoms with van der Waals surface area (Å²) in [6.45, 7) is 2.07. The Morgan fingerprint density at radius 2 is 2.31 bits per heavy atom. The molecular formula is C11H13N3O2. The first kappa shape index (κ1) is 12.1. The van der Waals surface area contributed by atoms with Gasteiger partial charge in [-0.15, -0.1) is 0 Å². The molecule has 1 aromatic carbocycles. The van der Waals surface area contributed by atoms with Crippen molar-refractivity contribution in [3.05, 3.63) is 39.8 Å². The Morgan fingerprint density at radius 1 is 1.56 bits per heavy atom. The van der Waals surface area contributed by atoms with Crippen LogP contribution in [0.3, 0.4) is 0 Å². The third-order valence-corrected chi connectivity index (χ3v) is 2.22. The van der Waals surface area contributed by atoms with Crippen LogP contribution in [0.25, 0.3) is 10.4 Å². The van der Waals surface area contributed by atoms with Gasteiger partial charge in [0.1, 0.15) is 5.75 Å². The van der Waals surface area contributed by atoms with Gasteiger partial charge in [-0.1, -0.05) is 5.11 Å². The number of ether oxygens (including phenoxy) is 1. The maximum Gasteiger partial charge on any atom is 0.163 e. The molecule has 0 fully saturated rings. The second-order valence-corrected chi connectivity index (χ2v) is 3.31. The molecule has 0 unspecified atom stereocenters. The minimum absolute atomic E-state index is 0.0295. The Hall–Kier alpha value is -2.00. The van der Waals surface area contributed by atoms with E-state index < -0.39 is 0 Å². The van der Waals surface area contributed by atoms with Gasteiger partial charge in [-0.2, -0.15) is 0 Å². The molecule has 0 spiro atoms. The summed E-state index contributed by atoms with van der Waals surface area (Å²) in [5.74, 6) is 0.727. The maximum atomic E-state index is 11.6. The van der Waals surface area contributed by atoms with E-state index in [1.165, 1.54) is 0 Å². The number of hydrogen-bond donors (Lipinski definition) is 0. The second kappa shape index (κ2) is 5.78. The number of carbonyl (C=O) groups is 1. The SMILES string of the molecule is COc1ccc(C(=O)CCN=[N+]=[N-])cc1C. The fourth-order valence-corrected chi connectivity index (χ4v) is 1.39. The maximum absolute atomic E-state index is 11.6. The number of azide groups is 1. The first-order chi connectivity index (χ1) is 7.69. The highest BCUT2D eigenvalue weighted by Crippen LogP contribution is 2.19. The lowest BCUT2D eigenvalue weighted by atomic mass is 10.1. The summed E-state index contributed by atoms with van der Waals surface area (Å²) in [7, 11) is 1.59. The van der Waals surface area contributed by atoms with Gasteiger partial charge in [0.25, 0.3) is 0 Å². The lowest BCUT2D eigenvalue weighted by Gasteiger charge is -2.06. The number of rotatable bonds is 5. The Bertz CT molecular complexity index is 437. The highest BCUT2D eigenvalue weighted by atomic mass is 16.5. The number of aryl methyl sites for hydroxylation is 1. The molecule has 0 aliphatic carbocycles. The zero-order valence-corrected chi connectivity index (χ0v) is 9.30. The number of carbonyl (C=O) groups excluding carboxylic acids is 1. The molecule has 0 aromatic heterocycles. The van der Waals surface area contributed by atoms with E-state index in [1.54, 1.807) is 25.3 Å². The van der Waals surface area contributed by atoms with Crippen LogP contribution in [0.5, 0.6) is 5.75 Å². The van der Waals surface area contributed by atoms with E-state index in [9.17, 15) is 4.79 Å². The Kier molecular flexibility index (Phi) is 4.36. The van der Waals surface area contributed by atoms with Gasteiger partial charge in [0, 0.05) is 23.4 Å². The molecule has 0 saturated heterocycles. The largest absolute Gasteiger partial charge is 0.496 e. The van der Waals surface area contributed by atoms with Gasteiger partial charge in [-0.3, -0.25) is 4.79 Å². The number of benzene rings is 1. The minimum atomic E-state index is -0.0295. The fourth-order valence-electron chi connectivity index (χ4n) is 1.39. The average Bonchev–Trinajstić information content (AvgIpc) is 2.29. The van der Waals surface area contributed by atoms with E-state index in [4.69, 9.17) is 10.3 Å². The van der Waals surface area contributed by atoms with Crippen molar-refractivity contribution in [3.63, 3.8) is 0 Å². The van der Waals surface area contributed by atoms with Crippen LogP contribution in [0.1, 0.15) is 22.3 Å². The molecule has 0 saturated carbocycles. The van der Waals surface area contributed by atoms with E-state index >= 15 is 0 Å². The Labute approximate surface area is 93.7 Å². The normalized spacial score (nSPS) is 9.38. The molecule has 5 nitrogen and oxygen atoms in total. The molecule has 16 heavy (non-hydrogen) atoms. The average molecular weight is 219 g/mol. The molecule has 0 radical (unpaired) electrons. The zero-order chi connectivity index (χ0) is 12.0. The summed E-state index contributed by atoms with van der Waals surface area (Å²) in [6.07, 6.45) is 0.232. The van der Waals surface area contributed by atoms with Crippen LogP contribution in [-0.4, -0.2) is 19.4 Å². The predicted molar refractivity (Wildman–Crippen MR) is 60.7 cm³/mol. The molecule has 0 amide bonds. The van der Waals surface area contributed by atoms with Crippen molar-refractivity contribution in [2.45, 2.75) is 13.3 Å². The van der Waals surface area contributed by atoms with Crippen LogP contribution < -0.4 is 4.74 Å². The van der Waals surface area contributed by atoms with Crippen molar-refractivity contribution in [2.24, 2.45) is 5.11 Å². The number of methoxy groups -OCH3 is 1. The molecule has 0 N–H and O–H groups in total. The lowest BCUT2D eigenvalue weighted by molar-refractivity contribution is 0.0985. The van der Waals surface area contributed by atoms with Crippen LogP contribution in [0.2, 0.25) is 0 Å². The molecule has 0 aliphatic heterocycles. The van der Waals surface area contributed by atoms with Crippen molar-refractivity contribution in [1.82, 2.24) is 0 Å². The molecular weight excluding hydrogens is 206 g/mol. The smallest absolute Gasteiger partial charge is 0.163 e. The molecule has 1 aromatic rings. The topological polar surface area (TPSA) is 75.1 Å². The first-order valence-corrected chi connectivity index (χ1v) is 4.87. The number of ketones is 1. The first-order valence-electron chi connectivity index (χ1n) is 4.87. The van der Waals surface area contributed by atoms with Gasteiger partial charge in [0.05, 0.1) is 7.11 Å². The molecule has 84 valence electrons. The van der Waals surface area contributed by atoms with E-state index in [1.807, 2.05) is 6.92 Å². The molecule has 0 heterocycles. The fraction of sp³-hybridized carbons (Fsp3) is 0.364. The summed E-state index contributed by atoms with van der Waals surface area (Å²) >= 11 is 0. The summed E-state index contributed by atoms with van der Waals surface area (Å²) in [6, 6.07) is 5.25. The van der Waals surface area contributed by atoms with E-state index in [0.29, 0.717) is 5.56 Å². The van der Waals surface area contributed by atoms with Gasteiger partial charge in [-0.25, -0.2) is 0 Å². The van der Waals surface area contributed by atoms with Gasteiger partial charge < -0.3 is 4.74 Å². The second-order valence-electron chi connectivity index (χ2n) is 3.31. The Balaban J connectivity index is 2.76. The lowest BCUT2D eigenvalue weighted by Crippen LogP contribution is -2.01. The van der Waals surface area contributed by atoms with Crippen molar-refractivity contribution in [3.8, 4) is 5.75 Å². The Morgan fingerprint density at radius 3 is 2.88 bits per heavy atom. The van der Waals surface area contributed by atoms with Crippen LogP contribution in [-0.2, 0) is 0 Å². The predicted octanol–water partition coefficient (Wildman–Crippen LogP) is 2.89. The van der Waals surface area contributed by atoms with E-state index in [0.717, 1.165) is 11.3 Å². The molecule has 1 rings (SSSR count). The highest BCUT2D eigenvalue weighted by Gasteiger charge is 2.07. The van der Waals surface area contributed by atoms with E-state index in [-0.39, 0.29) is 18.7 Å². The molecule has 0 atom stereocenters. The summed E-state index contributed by atoms with van der Waals surface area (Å²) < 4.78 is 5.10. The standard InChI is InChI=1S/C11H13N3O2/c1-8-7-9(3-4-11(8)16-2)10(15)5-6-13-14-12/h3-4,7H,5-6H2,1-2H3. The number of nitrogens with zero attached hydrogens (tertiary/aromatic N) is 3. The van der Waals surface area contributed by atoms with Crippen LogP contribution in [0, 0.1) is 6.92 Å². The summed E-state index contributed by atoms with van der Waals surface area (Å²) in [4.78, 5) is 14.2. The minimum Gasteiger partial charge on any atom is -0.496 e. The van der Waals surface area contributed by atoms with Crippen molar-refractivity contribution in [1.29, 1.82) is 0 Å². The van der Waals surface area contributed by atoms with Crippen LogP contribution >= 0.6 is 0 Å². The zero-order valence-electron chi connectivity index (χ0n) is 9.30. The molecule has 0 aliphatic rings. The third kappa shape index (κ3) is 3.00. The molecule has 0 bridgehead atoms. The van der Waals surface area contributed by atoms with Crippen LogP contribution in [0.15, 0.2) is 23.3 Å². The monoisotopic (exact) mass is 219 g/mol. The van der Waals surface area contributed by atoms with Crippen LogP contribution in [0.4, 0.5) is 0 Å². The highest BCUT2D eigenvalue weighted by molar-refractivity contribution is 5.96. The van der Waals surface area contributed by atoms with Gasteiger partial charge in [-0.05, 0) is 36.2 Å². The number of Topliss-reactive ketones (excluding diaryl/α,β-unsaturated/α-hetero) is 1. The molecule has 5 heteroatoms.